The van der Waals surface area contributed by atoms with Crippen molar-refractivity contribution in [1.29, 1.82) is 0 Å². The molecule has 0 saturated heterocycles. The molecule has 0 bridgehead atoms. The van der Waals surface area contributed by atoms with Crippen LogP contribution >= 0.6 is 11.3 Å². The maximum absolute atomic E-state index is 4.06. The summed E-state index contributed by atoms with van der Waals surface area (Å²) >= 11 is 1.55. The molecular formula is C6H4N3S. The molecule has 0 spiro atoms. The van der Waals surface area contributed by atoms with Crippen molar-refractivity contribution >= 4 is 11.3 Å². The van der Waals surface area contributed by atoms with Crippen LogP contribution < -0.4 is 0 Å². The third-order valence-electron chi connectivity index (χ3n) is 1.11. The number of hydrogen-bond donors (Lipinski definition) is 0. The third kappa shape index (κ3) is 0.823. The van der Waals surface area contributed by atoms with Gasteiger partial charge in [0.25, 0.3) is 0 Å². The fourth-order valence-electron chi connectivity index (χ4n) is 0.677. The highest BCUT2D eigenvalue weighted by Crippen LogP contribution is 2.04. The van der Waals surface area contributed by atoms with Crippen LogP contribution in [0, 0.1) is 6.07 Å². The summed E-state index contributed by atoms with van der Waals surface area (Å²) in [6, 6.07) is 2.83. The third-order valence-corrected chi connectivity index (χ3v) is 1.68. The molecule has 1 radical (unpaired) electrons. The first-order valence-corrected chi connectivity index (χ1v) is 3.70. The maximum Gasteiger partial charge on any atom is 0.164 e. The molecular weight excluding hydrogens is 146 g/mol. The van der Waals surface area contributed by atoms with E-state index in [2.05, 4.69) is 16.1 Å². The van der Waals surface area contributed by atoms with E-state index in [4.69, 9.17) is 0 Å². The van der Waals surface area contributed by atoms with Crippen LogP contribution in [0.3, 0.4) is 0 Å². The zero-order valence-corrected chi connectivity index (χ0v) is 5.88. The SMILES string of the molecule is [c]1cnn(-c2cscn2)c1. The van der Waals surface area contributed by atoms with Crippen LogP contribution in [0.5, 0.6) is 0 Å². The first-order valence-electron chi connectivity index (χ1n) is 2.76. The number of nitrogens with zero attached hydrogens (tertiary/aromatic N) is 3. The molecule has 0 atom stereocenters. The fraction of sp³-hybridized carbons (Fsp3) is 0. The Morgan fingerprint density at radius 1 is 1.60 bits per heavy atom. The van der Waals surface area contributed by atoms with Crippen molar-refractivity contribution in [3.05, 3.63) is 29.4 Å². The highest BCUT2D eigenvalue weighted by atomic mass is 32.1. The lowest BCUT2D eigenvalue weighted by Gasteiger charge is -1.90. The molecule has 0 fully saturated rings. The molecule has 0 N–H and O–H groups in total. The molecule has 10 heavy (non-hydrogen) atoms. The lowest BCUT2D eigenvalue weighted by molar-refractivity contribution is 0.855. The number of hydrogen-bond acceptors (Lipinski definition) is 3. The quantitative estimate of drug-likeness (QED) is 0.610. The van der Waals surface area contributed by atoms with E-state index in [9.17, 15) is 0 Å². The van der Waals surface area contributed by atoms with Crippen molar-refractivity contribution in [2.75, 3.05) is 0 Å². The van der Waals surface area contributed by atoms with Gasteiger partial charge in [-0.2, -0.15) is 5.10 Å². The summed E-state index contributed by atoms with van der Waals surface area (Å²) < 4.78 is 1.68. The number of thiazole rings is 1. The Balaban J connectivity index is 2.48. The van der Waals surface area contributed by atoms with Crippen molar-refractivity contribution in [1.82, 2.24) is 14.8 Å². The lowest BCUT2D eigenvalue weighted by atomic mass is 10.7. The molecule has 0 aliphatic carbocycles. The van der Waals surface area contributed by atoms with E-state index < -0.39 is 0 Å². The monoisotopic (exact) mass is 150 g/mol. The fourth-order valence-corrected chi connectivity index (χ4v) is 1.20. The largest absolute Gasteiger partial charge is 0.226 e. The van der Waals surface area contributed by atoms with Gasteiger partial charge in [0.1, 0.15) is 0 Å². The highest BCUT2D eigenvalue weighted by Gasteiger charge is 1.94. The summed E-state index contributed by atoms with van der Waals surface area (Å²) in [6.45, 7) is 0. The van der Waals surface area contributed by atoms with E-state index in [0.717, 1.165) is 5.82 Å². The second-order valence-electron chi connectivity index (χ2n) is 1.73. The molecule has 0 unspecified atom stereocenters. The Morgan fingerprint density at radius 2 is 2.60 bits per heavy atom. The van der Waals surface area contributed by atoms with Gasteiger partial charge in [0.2, 0.25) is 0 Å². The molecule has 2 aromatic heterocycles. The average Bonchev–Trinajstić information content (AvgIpc) is 2.59. The highest BCUT2D eigenvalue weighted by molar-refractivity contribution is 7.07. The second-order valence-corrected chi connectivity index (χ2v) is 2.45. The summed E-state index contributed by atoms with van der Waals surface area (Å²) in [6.07, 6.45) is 3.36. The van der Waals surface area contributed by atoms with E-state index in [1.165, 1.54) is 0 Å². The lowest BCUT2D eigenvalue weighted by Crippen LogP contribution is -1.92. The minimum absolute atomic E-state index is 0.853. The van der Waals surface area contributed by atoms with Crippen LogP contribution in [0.15, 0.2) is 23.3 Å². The molecule has 2 rings (SSSR count). The van der Waals surface area contributed by atoms with E-state index in [1.54, 1.807) is 33.9 Å². The van der Waals surface area contributed by atoms with Gasteiger partial charge in [0, 0.05) is 17.6 Å². The molecule has 2 heterocycles. The topological polar surface area (TPSA) is 30.7 Å². The summed E-state index contributed by atoms with van der Waals surface area (Å²) in [4.78, 5) is 4.06. The Kier molecular flexibility index (Phi) is 1.25. The van der Waals surface area contributed by atoms with E-state index in [1.807, 2.05) is 5.38 Å². The first kappa shape index (κ1) is 5.61. The average molecular weight is 150 g/mol. The molecule has 0 aliphatic heterocycles. The smallest absolute Gasteiger partial charge is 0.164 e. The molecule has 3 nitrogen and oxygen atoms in total. The van der Waals surface area contributed by atoms with E-state index in [0.29, 0.717) is 0 Å². The predicted octanol–water partition coefficient (Wildman–Crippen LogP) is 1.13. The zero-order chi connectivity index (χ0) is 6.81. The predicted molar refractivity (Wildman–Crippen MR) is 38.1 cm³/mol. The summed E-state index contributed by atoms with van der Waals surface area (Å²) in [5.74, 6) is 0.853. The van der Waals surface area contributed by atoms with Crippen molar-refractivity contribution in [2.24, 2.45) is 0 Å². The molecule has 0 aliphatic rings. The van der Waals surface area contributed by atoms with E-state index in [-0.39, 0.29) is 0 Å². The molecule has 0 saturated carbocycles. The molecule has 49 valence electrons. The van der Waals surface area contributed by atoms with Gasteiger partial charge in [-0.1, -0.05) is 0 Å². The van der Waals surface area contributed by atoms with Gasteiger partial charge < -0.3 is 0 Å². The van der Waals surface area contributed by atoms with Crippen LogP contribution in [-0.4, -0.2) is 14.8 Å². The van der Waals surface area contributed by atoms with Gasteiger partial charge in [-0.25, -0.2) is 9.67 Å². The molecule has 0 amide bonds. The Morgan fingerprint density at radius 3 is 3.20 bits per heavy atom. The van der Waals surface area contributed by atoms with Gasteiger partial charge in [0.15, 0.2) is 5.82 Å². The standard InChI is InChI=1S/C6H4N3S/c1-2-8-9(3-1)6-4-10-5-7-6/h2-5H. The van der Waals surface area contributed by atoms with Gasteiger partial charge in [-0.05, 0) is 0 Å². The van der Waals surface area contributed by atoms with Crippen molar-refractivity contribution in [3.8, 4) is 5.82 Å². The Bertz CT molecular complexity index is 252. The van der Waals surface area contributed by atoms with Crippen LogP contribution in [0.4, 0.5) is 0 Å². The minimum atomic E-state index is 0.853. The van der Waals surface area contributed by atoms with Crippen LogP contribution in [0.25, 0.3) is 5.82 Å². The van der Waals surface area contributed by atoms with Crippen LogP contribution in [0.2, 0.25) is 0 Å². The van der Waals surface area contributed by atoms with Crippen molar-refractivity contribution < 1.29 is 0 Å². The van der Waals surface area contributed by atoms with Gasteiger partial charge >= 0.3 is 0 Å². The molecule has 0 aromatic carbocycles. The minimum Gasteiger partial charge on any atom is -0.226 e. The normalized spacial score (nSPS) is 10.0. The zero-order valence-electron chi connectivity index (χ0n) is 5.06. The van der Waals surface area contributed by atoms with Gasteiger partial charge in [-0.3, -0.25) is 0 Å². The molecule has 2 aromatic rings. The van der Waals surface area contributed by atoms with Crippen LogP contribution in [0.1, 0.15) is 0 Å². The summed E-state index contributed by atoms with van der Waals surface area (Å²) in [7, 11) is 0. The van der Waals surface area contributed by atoms with Gasteiger partial charge in [-0.15, -0.1) is 11.3 Å². The maximum atomic E-state index is 4.06. The number of rotatable bonds is 1. The summed E-state index contributed by atoms with van der Waals surface area (Å²) in [5, 5.41) is 5.90. The van der Waals surface area contributed by atoms with Crippen LogP contribution in [-0.2, 0) is 0 Å². The number of aromatic nitrogens is 3. The van der Waals surface area contributed by atoms with Gasteiger partial charge in [0.05, 0.1) is 11.7 Å². The Hall–Kier alpha value is -1.16. The Labute approximate surface area is 62.0 Å². The van der Waals surface area contributed by atoms with E-state index >= 15 is 0 Å². The second kappa shape index (κ2) is 2.22. The summed E-state index contributed by atoms with van der Waals surface area (Å²) in [5.41, 5.74) is 1.77. The van der Waals surface area contributed by atoms with Crippen molar-refractivity contribution in [2.45, 2.75) is 0 Å². The molecule has 4 heteroatoms. The van der Waals surface area contributed by atoms with Crippen molar-refractivity contribution in [3.63, 3.8) is 0 Å². The first-order chi connectivity index (χ1) is 4.97.